The van der Waals surface area contributed by atoms with E-state index >= 15 is 0 Å². The molecule has 8 heteroatoms. The highest BCUT2D eigenvalue weighted by Gasteiger charge is 2.18. The van der Waals surface area contributed by atoms with Crippen LogP contribution in [0.15, 0.2) is 52.7 Å². The van der Waals surface area contributed by atoms with E-state index in [0.29, 0.717) is 0 Å². The Bertz CT molecular complexity index is 788. The van der Waals surface area contributed by atoms with Crippen molar-refractivity contribution in [3.63, 3.8) is 0 Å². The molecule has 2 rings (SSSR count). The summed E-state index contributed by atoms with van der Waals surface area (Å²) in [6, 6.07) is 8.57. The summed E-state index contributed by atoms with van der Waals surface area (Å²) in [6.07, 6.45) is 0. The summed E-state index contributed by atoms with van der Waals surface area (Å²) < 4.78 is 0. The first-order chi connectivity index (χ1) is 10.9. The highest BCUT2D eigenvalue weighted by atomic mass is 16.4. The molecular formula is C15H13N3O5. The molecule has 0 saturated heterocycles. The number of aliphatic carboxylic acids is 1. The van der Waals surface area contributed by atoms with E-state index in [-0.39, 0.29) is 28.3 Å². The van der Waals surface area contributed by atoms with Crippen LogP contribution in [0.25, 0.3) is 0 Å². The van der Waals surface area contributed by atoms with Gasteiger partial charge in [-0.2, -0.15) is 5.11 Å². The number of hydrogen-bond donors (Lipinski definition) is 4. The summed E-state index contributed by atoms with van der Waals surface area (Å²) >= 11 is 0. The molecule has 0 aliphatic rings. The van der Waals surface area contributed by atoms with E-state index in [1.165, 1.54) is 30.3 Å². The maximum absolute atomic E-state index is 11.1. The summed E-state index contributed by atoms with van der Waals surface area (Å²) in [6.45, 7) is 0. The summed E-state index contributed by atoms with van der Waals surface area (Å²) in [7, 11) is 0. The predicted molar refractivity (Wildman–Crippen MR) is 80.2 cm³/mol. The second-order valence-corrected chi connectivity index (χ2v) is 4.58. The number of azo groups is 1. The number of nitrogens with two attached hydrogens (primary N) is 1. The Balaban J connectivity index is 2.36. The van der Waals surface area contributed by atoms with E-state index in [4.69, 9.17) is 15.9 Å². The lowest BCUT2D eigenvalue weighted by molar-refractivity contribution is -0.138. The number of carbonyl (C=O) groups is 2. The molecule has 0 bridgehead atoms. The molecule has 0 radical (unpaired) electrons. The minimum Gasteiger partial charge on any atom is -0.508 e. The Kier molecular flexibility index (Phi) is 4.67. The smallest absolute Gasteiger partial charge is 0.337 e. The Morgan fingerprint density at radius 2 is 1.74 bits per heavy atom. The molecule has 5 N–H and O–H groups in total. The lowest BCUT2D eigenvalue weighted by Gasteiger charge is -2.09. The molecule has 0 saturated carbocycles. The Labute approximate surface area is 130 Å². The monoisotopic (exact) mass is 315 g/mol. The maximum atomic E-state index is 11.1. The van der Waals surface area contributed by atoms with Crippen molar-refractivity contribution >= 4 is 23.3 Å². The largest absolute Gasteiger partial charge is 0.508 e. The van der Waals surface area contributed by atoms with Gasteiger partial charge < -0.3 is 21.1 Å². The van der Waals surface area contributed by atoms with Crippen molar-refractivity contribution in [3.8, 4) is 5.75 Å². The number of phenols is 1. The molecular weight excluding hydrogens is 302 g/mol. The molecule has 1 atom stereocenters. The van der Waals surface area contributed by atoms with Gasteiger partial charge in [-0.05, 0) is 30.3 Å². The number of hydrogen-bond acceptors (Lipinski definition) is 6. The fraction of sp³-hybridized carbons (Fsp3) is 0.0667. The number of aromatic hydroxyl groups is 1. The average molecular weight is 315 g/mol. The number of nitrogens with zero attached hydrogens (tertiary/aromatic N) is 2. The van der Waals surface area contributed by atoms with E-state index in [2.05, 4.69) is 10.2 Å². The van der Waals surface area contributed by atoms with E-state index in [9.17, 15) is 14.7 Å². The first-order valence-electron chi connectivity index (χ1n) is 6.45. The van der Waals surface area contributed by atoms with E-state index in [0.717, 1.165) is 0 Å². The zero-order valence-electron chi connectivity index (χ0n) is 11.7. The molecule has 0 spiro atoms. The molecule has 1 unspecified atom stereocenters. The second-order valence-electron chi connectivity index (χ2n) is 4.58. The highest BCUT2D eigenvalue weighted by Crippen LogP contribution is 2.29. The van der Waals surface area contributed by atoms with Crippen LogP contribution >= 0.6 is 0 Å². The van der Waals surface area contributed by atoms with Gasteiger partial charge >= 0.3 is 11.9 Å². The number of aromatic carboxylic acids is 1. The number of carboxylic acids is 2. The number of benzene rings is 2. The van der Waals surface area contributed by atoms with Crippen molar-refractivity contribution in [1.29, 1.82) is 0 Å². The minimum atomic E-state index is -1.41. The van der Waals surface area contributed by atoms with Crippen LogP contribution in [-0.2, 0) is 4.79 Å². The van der Waals surface area contributed by atoms with Crippen molar-refractivity contribution < 1.29 is 24.9 Å². The van der Waals surface area contributed by atoms with Gasteiger partial charge in [0.15, 0.2) is 0 Å². The van der Waals surface area contributed by atoms with Crippen molar-refractivity contribution in [2.45, 2.75) is 6.04 Å². The molecule has 2 aromatic rings. The molecule has 0 heterocycles. The molecule has 0 aromatic heterocycles. The van der Waals surface area contributed by atoms with Gasteiger partial charge in [-0.25, -0.2) is 4.79 Å². The fourth-order valence-corrected chi connectivity index (χ4v) is 1.84. The summed E-state index contributed by atoms with van der Waals surface area (Å²) in [5, 5.41) is 35.3. The van der Waals surface area contributed by atoms with Crippen molar-refractivity contribution in [3.05, 3.63) is 53.6 Å². The van der Waals surface area contributed by atoms with E-state index in [1.807, 2.05) is 0 Å². The first kappa shape index (κ1) is 16.1. The van der Waals surface area contributed by atoms with Crippen LogP contribution in [0.1, 0.15) is 22.0 Å². The SMILES string of the molecule is NC(C(=O)O)c1cc(N=Nc2ccccc2C(=O)O)ccc1O. The Hall–Kier alpha value is -3.26. The molecule has 118 valence electrons. The predicted octanol–water partition coefficient (Wildman–Crippen LogP) is 2.59. The zero-order chi connectivity index (χ0) is 17.0. The van der Waals surface area contributed by atoms with Crippen LogP contribution in [0.4, 0.5) is 11.4 Å². The quantitative estimate of drug-likeness (QED) is 0.624. The minimum absolute atomic E-state index is 0.0135. The highest BCUT2D eigenvalue weighted by molar-refractivity contribution is 5.93. The molecule has 0 amide bonds. The van der Waals surface area contributed by atoms with Gasteiger partial charge in [0, 0.05) is 5.56 Å². The molecule has 0 fully saturated rings. The van der Waals surface area contributed by atoms with Gasteiger partial charge in [0.25, 0.3) is 0 Å². The topological polar surface area (TPSA) is 146 Å². The third kappa shape index (κ3) is 3.69. The van der Waals surface area contributed by atoms with Crippen LogP contribution in [0.2, 0.25) is 0 Å². The molecule has 23 heavy (non-hydrogen) atoms. The molecule has 0 aliphatic heterocycles. The Morgan fingerprint density at radius 3 is 2.39 bits per heavy atom. The van der Waals surface area contributed by atoms with Crippen LogP contribution in [-0.4, -0.2) is 27.3 Å². The van der Waals surface area contributed by atoms with Gasteiger partial charge in [0.1, 0.15) is 17.5 Å². The Morgan fingerprint density at radius 1 is 1.04 bits per heavy atom. The van der Waals surface area contributed by atoms with Crippen LogP contribution < -0.4 is 5.73 Å². The normalized spacial score (nSPS) is 12.2. The van der Waals surface area contributed by atoms with Gasteiger partial charge in [0.2, 0.25) is 0 Å². The molecule has 8 nitrogen and oxygen atoms in total. The van der Waals surface area contributed by atoms with Crippen LogP contribution in [0.5, 0.6) is 5.75 Å². The van der Waals surface area contributed by atoms with Gasteiger partial charge in [0.05, 0.1) is 11.3 Å². The summed E-state index contributed by atoms with van der Waals surface area (Å²) in [4.78, 5) is 22.0. The van der Waals surface area contributed by atoms with E-state index in [1.54, 1.807) is 12.1 Å². The lowest BCUT2D eigenvalue weighted by Crippen LogP contribution is -2.20. The third-order valence-electron chi connectivity index (χ3n) is 3.02. The van der Waals surface area contributed by atoms with Gasteiger partial charge in [-0.1, -0.05) is 12.1 Å². The standard InChI is InChI=1S/C15H13N3O5/c16-13(15(22)23)10-7-8(5-6-12(10)19)17-18-11-4-2-1-3-9(11)14(20)21/h1-7,13,19H,16H2,(H,20,21)(H,22,23). The van der Waals surface area contributed by atoms with Crippen LogP contribution in [0.3, 0.4) is 0 Å². The van der Waals surface area contributed by atoms with Crippen molar-refractivity contribution in [1.82, 2.24) is 0 Å². The number of rotatable bonds is 5. The summed E-state index contributed by atoms with van der Waals surface area (Å²) in [5.41, 5.74) is 5.82. The molecule has 0 aliphatic carbocycles. The maximum Gasteiger partial charge on any atom is 0.337 e. The van der Waals surface area contributed by atoms with Gasteiger partial charge in [-0.15, -0.1) is 5.11 Å². The first-order valence-corrected chi connectivity index (χ1v) is 6.45. The third-order valence-corrected chi connectivity index (χ3v) is 3.02. The lowest BCUT2D eigenvalue weighted by atomic mass is 10.1. The van der Waals surface area contributed by atoms with Gasteiger partial charge in [-0.3, -0.25) is 4.79 Å². The van der Waals surface area contributed by atoms with Crippen molar-refractivity contribution in [2.24, 2.45) is 16.0 Å². The second kappa shape index (κ2) is 6.67. The van der Waals surface area contributed by atoms with E-state index < -0.39 is 18.0 Å². The van der Waals surface area contributed by atoms with Crippen LogP contribution in [0, 0.1) is 0 Å². The summed E-state index contributed by atoms with van der Waals surface area (Å²) in [5.74, 6) is -2.71. The average Bonchev–Trinajstić information content (AvgIpc) is 2.53. The number of phenolic OH excluding ortho intramolecular Hbond substituents is 1. The van der Waals surface area contributed by atoms with Crippen molar-refractivity contribution in [2.75, 3.05) is 0 Å². The zero-order valence-corrected chi connectivity index (χ0v) is 11.7. The molecule has 2 aromatic carbocycles. The fourth-order valence-electron chi connectivity index (χ4n) is 1.84. The number of carboxylic acid groups (broad SMARTS) is 2.